The molecule has 1 aromatic heterocycles. The lowest BCUT2D eigenvalue weighted by Gasteiger charge is -2.39. The van der Waals surface area contributed by atoms with Crippen LogP contribution in [0.25, 0.3) is 0 Å². The fourth-order valence-electron chi connectivity index (χ4n) is 4.58. The van der Waals surface area contributed by atoms with Crippen molar-refractivity contribution in [1.29, 1.82) is 0 Å². The molecule has 0 unspecified atom stereocenters. The monoisotopic (exact) mass is 354 g/mol. The first-order valence-electron chi connectivity index (χ1n) is 9.25. The Balaban J connectivity index is 1.42. The Hall–Kier alpha value is -2.18. The van der Waals surface area contributed by atoms with E-state index in [1.165, 1.54) is 11.1 Å². The summed E-state index contributed by atoms with van der Waals surface area (Å²) >= 11 is 0. The maximum absolute atomic E-state index is 12.0. The van der Waals surface area contributed by atoms with Crippen LogP contribution in [0.5, 0.6) is 0 Å². The molecule has 0 spiro atoms. The Kier molecular flexibility index (Phi) is 4.54. The zero-order valence-electron chi connectivity index (χ0n) is 15.2. The lowest BCUT2D eigenvalue weighted by Crippen LogP contribution is -2.52. The maximum Gasteiger partial charge on any atom is 0.312 e. The van der Waals surface area contributed by atoms with Crippen LogP contribution >= 0.6 is 0 Å². The molecule has 1 aromatic carbocycles. The van der Waals surface area contributed by atoms with E-state index in [0.29, 0.717) is 13.1 Å². The Morgan fingerprint density at radius 3 is 2.62 bits per heavy atom. The van der Waals surface area contributed by atoms with Gasteiger partial charge in [-0.25, -0.2) is 0 Å². The average molecular weight is 354 g/mol. The van der Waals surface area contributed by atoms with Crippen LogP contribution in [0.15, 0.2) is 42.7 Å². The molecule has 6 heteroatoms. The first-order valence-corrected chi connectivity index (χ1v) is 9.25. The number of hydrogen-bond acceptors (Lipinski definition) is 4. The van der Waals surface area contributed by atoms with Crippen LogP contribution in [0.3, 0.4) is 0 Å². The molecule has 138 valence electrons. The van der Waals surface area contributed by atoms with Gasteiger partial charge in [0.2, 0.25) is 0 Å². The number of rotatable bonds is 5. The standard InChI is InChI=1S/C20H26N4O2/c1-22-10-7-18-13-23(15-20(18,14-22)19(25)26)11-16-3-5-17(6-4-16)12-24-9-2-8-21-24/h2-6,8-9,18H,7,10-15H2,1H3,(H,25,26)/t18-,20-/m0/s1. The normalized spacial score (nSPS) is 26.7. The number of likely N-dealkylation sites (tertiary alicyclic amines) is 2. The molecule has 6 nitrogen and oxygen atoms in total. The van der Waals surface area contributed by atoms with Crippen molar-refractivity contribution in [3.8, 4) is 0 Å². The van der Waals surface area contributed by atoms with Gasteiger partial charge in [-0.2, -0.15) is 5.10 Å². The second-order valence-corrected chi connectivity index (χ2v) is 7.87. The van der Waals surface area contributed by atoms with Crippen LogP contribution in [-0.2, 0) is 17.9 Å². The predicted molar refractivity (Wildman–Crippen MR) is 98.7 cm³/mol. The zero-order valence-corrected chi connectivity index (χ0v) is 15.2. The topological polar surface area (TPSA) is 61.6 Å². The van der Waals surface area contributed by atoms with Crippen molar-refractivity contribution in [3.05, 3.63) is 53.9 Å². The SMILES string of the molecule is CN1CC[C@H]2CN(Cc3ccc(Cn4cccn4)cc3)C[C@@]2(C(=O)O)C1. The van der Waals surface area contributed by atoms with E-state index in [9.17, 15) is 9.90 Å². The molecular formula is C20H26N4O2. The van der Waals surface area contributed by atoms with Crippen molar-refractivity contribution >= 4 is 5.97 Å². The molecule has 0 aliphatic carbocycles. The first kappa shape index (κ1) is 17.2. The Morgan fingerprint density at radius 2 is 1.96 bits per heavy atom. The Labute approximate surface area is 154 Å². The summed E-state index contributed by atoms with van der Waals surface area (Å²) < 4.78 is 1.91. The van der Waals surface area contributed by atoms with Gasteiger partial charge in [0.15, 0.2) is 0 Å². The van der Waals surface area contributed by atoms with E-state index in [1.807, 2.05) is 24.0 Å². The molecule has 2 aliphatic rings. The third-order valence-electron chi connectivity index (χ3n) is 5.94. The molecule has 2 aliphatic heterocycles. The van der Waals surface area contributed by atoms with Gasteiger partial charge in [0, 0.05) is 38.6 Å². The number of piperidine rings is 1. The molecule has 2 atom stereocenters. The second-order valence-electron chi connectivity index (χ2n) is 7.87. The molecule has 3 heterocycles. The fraction of sp³-hybridized carbons (Fsp3) is 0.500. The van der Waals surface area contributed by atoms with E-state index in [2.05, 4.69) is 39.2 Å². The van der Waals surface area contributed by atoms with Crippen molar-refractivity contribution in [1.82, 2.24) is 19.6 Å². The van der Waals surface area contributed by atoms with Gasteiger partial charge in [0.05, 0.1) is 12.0 Å². The number of carboxylic acids is 1. The molecule has 0 saturated carbocycles. The highest BCUT2D eigenvalue weighted by Gasteiger charge is 2.54. The Morgan fingerprint density at radius 1 is 1.23 bits per heavy atom. The summed E-state index contributed by atoms with van der Waals surface area (Å²) in [6.45, 7) is 4.77. The number of hydrogen-bond donors (Lipinski definition) is 1. The van der Waals surface area contributed by atoms with E-state index in [4.69, 9.17) is 0 Å². The lowest BCUT2D eigenvalue weighted by atomic mass is 9.73. The molecular weight excluding hydrogens is 328 g/mol. The summed E-state index contributed by atoms with van der Waals surface area (Å²) in [5.74, 6) is -0.374. The number of carbonyl (C=O) groups is 1. The van der Waals surface area contributed by atoms with E-state index < -0.39 is 11.4 Å². The van der Waals surface area contributed by atoms with Gasteiger partial charge in [-0.3, -0.25) is 14.4 Å². The molecule has 1 N–H and O–H groups in total. The maximum atomic E-state index is 12.0. The van der Waals surface area contributed by atoms with Crippen LogP contribution in [0, 0.1) is 11.3 Å². The minimum absolute atomic E-state index is 0.260. The molecule has 2 aromatic rings. The molecule has 0 amide bonds. The smallest absolute Gasteiger partial charge is 0.312 e. The van der Waals surface area contributed by atoms with Crippen molar-refractivity contribution in [2.45, 2.75) is 19.5 Å². The number of aromatic nitrogens is 2. The number of aliphatic carboxylic acids is 1. The lowest BCUT2D eigenvalue weighted by molar-refractivity contribution is -0.153. The first-order chi connectivity index (χ1) is 12.5. The van der Waals surface area contributed by atoms with Gasteiger partial charge in [-0.15, -0.1) is 0 Å². The van der Waals surface area contributed by atoms with E-state index >= 15 is 0 Å². The largest absolute Gasteiger partial charge is 0.481 e. The van der Waals surface area contributed by atoms with Crippen molar-refractivity contribution in [2.24, 2.45) is 11.3 Å². The average Bonchev–Trinajstić information content (AvgIpc) is 3.24. The van der Waals surface area contributed by atoms with Gasteiger partial charge >= 0.3 is 5.97 Å². The number of nitrogens with zero attached hydrogens (tertiary/aromatic N) is 4. The number of benzene rings is 1. The van der Waals surface area contributed by atoms with E-state index in [0.717, 1.165) is 32.6 Å². The molecule has 2 saturated heterocycles. The van der Waals surface area contributed by atoms with Gasteiger partial charge in [-0.05, 0) is 43.1 Å². The van der Waals surface area contributed by atoms with Gasteiger partial charge < -0.3 is 10.0 Å². The summed E-state index contributed by atoms with van der Waals surface area (Å²) in [6.07, 6.45) is 4.72. The van der Waals surface area contributed by atoms with Crippen LogP contribution in [0.4, 0.5) is 0 Å². The highest BCUT2D eigenvalue weighted by molar-refractivity contribution is 5.76. The third-order valence-corrected chi connectivity index (χ3v) is 5.94. The van der Waals surface area contributed by atoms with Crippen molar-refractivity contribution < 1.29 is 9.90 Å². The van der Waals surface area contributed by atoms with Crippen LogP contribution in [0.1, 0.15) is 17.5 Å². The minimum Gasteiger partial charge on any atom is -0.481 e. The molecule has 2 fully saturated rings. The van der Waals surface area contributed by atoms with Gasteiger partial charge in [0.25, 0.3) is 0 Å². The minimum atomic E-state index is -0.633. The van der Waals surface area contributed by atoms with E-state index in [1.54, 1.807) is 6.20 Å². The summed E-state index contributed by atoms with van der Waals surface area (Å²) in [4.78, 5) is 16.5. The summed E-state index contributed by atoms with van der Waals surface area (Å²) in [5, 5.41) is 14.1. The van der Waals surface area contributed by atoms with Crippen molar-refractivity contribution in [2.75, 3.05) is 33.2 Å². The molecule has 0 bridgehead atoms. The number of fused-ring (bicyclic) bond motifs is 1. The van der Waals surface area contributed by atoms with Gasteiger partial charge in [-0.1, -0.05) is 24.3 Å². The third kappa shape index (κ3) is 3.27. The molecule has 26 heavy (non-hydrogen) atoms. The zero-order chi connectivity index (χ0) is 18.1. The fourth-order valence-corrected chi connectivity index (χ4v) is 4.58. The quantitative estimate of drug-likeness (QED) is 0.887. The van der Waals surface area contributed by atoms with Crippen LogP contribution < -0.4 is 0 Å². The second kappa shape index (κ2) is 6.85. The summed E-state index contributed by atoms with van der Waals surface area (Å²) in [5.41, 5.74) is 1.85. The highest BCUT2D eigenvalue weighted by Crippen LogP contribution is 2.42. The summed E-state index contributed by atoms with van der Waals surface area (Å²) in [6, 6.07) is 10.5. The Bertz CT molecular complexity index is 759. The van der Waals surface area contributed by atoms with Gasteiger partial charge in [0.1, 0.15) is 0 Å². The molecule has 0 radical (unpaired) electrons. The molecule has 4 rings (SSSR count). The van der Waals surface area contributed by atoms with E-state index in [-0.39, 0.29) is 5.92 Å². The highest BCUT2D eigenvalue weighted by atomic mass is 16.4. The summed E-state index contributed by atoms with van der Waals surface area (Å²) in [7, 11) is 2.03. The van der Waals surface area contributed by atoms with Crippen LogP contribution in [-0.4, -0.2) is 63.9 Å². The van der Waals surface area contributed by atoms with Crippen molar-refractivity contribution in [3.63, 3.8) is 0 Å². The predicted octanol–water partition coefficient (Wildman–Crippen LogP) is 1.77. The van der Waals surface area contributed by atoms with Crippen LogP contribution in [0.2, 0.25) is 0 Å². The number of carboxylic acid groups (broad SMARTS) is 1.